The molecular formula is C21H26N2O5. The lowest BCUT2D eigenvalue weighted by Crippen LogP contribution is -2.34. The van der Waals surface area contributed by atoms with E-state index in [9.17, 15) is 19.2 Å². The Hall–Kier alpha value is -2.70. The molecule has 1 saturated carbocycles. The van der Waals surface area contributed by atoms with Crippen molar-refractivity contribution in [2.24, 2.45) is 11.8 Å². The molecule has 1 aromatic carbocycles. The van der Waals surface area contributed by atoms with Gasteiger partial charge in [0.05, 0.1) is 24.0 Å². The number of hydrogen-bond donors (Lipinski definition) is 1. The Morgan fingerprint density at radius 3 is 2.25 bits per heavy atom. The van der Waals surface area contributed by atoms with Crippen LogP contribution in [0.4, 0.5) is 5.69 Å². The second kappa shape index (κ2) is 8.99. The van der Waals surface area contributed by atoms with E-state index in [0.29, 0.717) is 17.9 Å². The van der Waals surface area contributed by atoms with Crippen molar-refractivity contribution < 1.29 is 23.9 Å². The summed E-state index contributed by atoms with van der Waals surface area (Å²) >= 11 is 0. The highest BCUT2D eigenvalue weighted by Gasteiger charge is 2.47. The first-order valence-corrected chi connectivity index (χ1v) is 9.93. The van der Waals surface area contributed by atoms with Crippen molar-refractivity contribution in [2.45, 2.75) is 45.4 Å². The fourth-order valence-electron chi connectivity index (χ4n) is 3.86. The molecule has 0 radical (unpaired) electrons. The normalized spacial score (nSPS) is 21.4. The van der Waals surface area contributed by atoms with Crippen LogP contribution >= 0.6 is 0 Å². The number of hydrogen-bond acceptors (Lipinski definition) is 5. The standard InChI is InChI=1S/C21H26N2O5/c1-2-13-28-21(27)14-7-9-15(10-8-14)22-18(24)11-12-23-19(25)16-5-3-4-6-17(16)20(23)26/h7-10,16-17H,2-6,11-13H2,1H3,(H,22,24)/t16-,17-/m0/s1. The average Bonchev–Trinajstić information content (AvgIpc) is 2.95. The molecule has 1 aliphatic heterocycles. The summed E-state index contributed by atoms with van der Waals surface area (Å²) in [7, 11) is 0. The second-order valence-corrected chi connectivity index (χ2v) is 7.34. The van der Waals surface area contributed by atoms with E-state index in [1.165, 1.54) is 4.90 Å². The molecule has 7 nitrogen and oxygen atoms in total. The molecule has 2 aliphatic rings. The van der Waals surface area contributed by atoms with Crippen LogP contribution in [0.3, 0.4) is 0 Å². The molecule has 1 aliphatic carbocycles. The monoisotopic (exact) mass is 386 g/mol. The van der Waals surface area contributed by atoms with Gasteiger partial charge in [-0.3, -0.25) is 19.3 Å². The summed E-state index contributed by atoms with van der Waals surface area (Å²) in [5.74, 6) is -1.31. The number of nitrogens with one attached hydrogen (secondary N) is 1. The highest BCUT2D eigenvalue weighted by Crippen LogP contribution is 2.37. The van der Waals surface area contributed by atoms with Crippen molar-refractivity contribution in [2.75, 3.05) is 18.5 Å². The lowest BCUT2D eigenvalue weighted by molar-refractivity contribution is -0.140. The van der Waals surface area contributed by atoms with Gasteiger partial charge in [-0.25, -0.2) is 4.79 Å². The van der Waals surface area contributed by atoms with Crippen LogP contribution in [0, 0.1) is 11.8 Å². The van der Waals surface area contributed by atoms with Crippen LogP contribution in [0.1, 0.15) is 55.8 Å². The SMILES string of the molecule is CCCOC(=O)c1ccc(NC(=O)CCN2C(=O)[C@H]3CCCC[C@@H]3C2=O)cc1. The van der Waals surface area contributed by atoms with Crippen LogP contribution < -0.4 is 5.32 Å². The summed E-state index contributed by atoms with van der Waals surface area (Å²) < 4.78 is 5.06. The van der Waals surface area contributed by atoms with Crippen LogP contribution in [0.25, 0.3) is 0 Å². The van der Waals surface area contributed by atoms with Crippen molar-refractivity contribution in [3.63, 3.8) is 0 Å². The average molecular weight is 386 g/mol. The predicted octanol–water partition coefficient (Wildman–Crippen LogP) is 2.76. The Morgan fingerprint density at radius 2 is 1.68 bits per heavy atom. The van der Waals surface area contributed by atoms with Crippen molar-refractivity contribution >= 4 is 29.4 Å². The van der Waals surface area contributed by atoms with Gasteiger partial charge >= 0.3 is 5.97 Å². The van der Waals surface area contributed by atoms with Crippen molar-refractivity contribution in [1.82, 2.24) is 4.90 Å². The fourth-order valence-corrected chi connectivity index (χ4v) is 3.86. The zero-order chi connectivity index (χ0) is 20.1. The van der Waals surface area contributed by atoms with Gasteiger partial charge in [-0.05, 0) is 43.5 Å². The van der Waals surface area contributed by atoms with Crippen molar-refractivity contribution in [1.29, 1.82) is 0 Å². The topological polar surface area (TPSA) is 92.8 Å². The maximum absolute atomic E-state index is 12.4. The summed E-state index contributed by atoms with van der Waals surface area (Å²) in [5.41, 5.74) is 0.965. The Morgan fingerprint density at radius 1 is 1.07 bits per heavy atom. The minimum Gasteiger partial charge on any atom is -0.462 e. The number of anilines is 1. The van der Waals surface area contributed by atoms with Gasteiger partial charge in [0, 0.05) is 18.7 Å². The number of rotatable bonds is 7. The highest BCUT2D eigenvalue weighted by molar-refractivity contribution is 6.05. The first kappa shape index (κ1) is 20.0. The van der Waals surface area contributed by atoms with E-state index in [1.807, 2.05) is 6.92 Å². The molecule has 3 rings (SSSR count). The molecule has 0 spiro atoms. The Bertz CT molecular complexity index is 735. The van der Waals surface area contributed by atoms with Gasteiger partial charge in [-0.2, -0.15) is 0 Å². The number of likely N-dealkylation sites (tertiary alicyclic amines) is 1. The molecule has 1 heterocycles. The third-order valence-corrected chi connectivity index (χ3v) is 5.34. The Balaban J connectivity index is 1.50. The number of imide groups is 1. The molecule has 0 bridgehead atoms. The van der Waals surface area contributed by atoms with Gasteiger partial charge in [-0.15, -0.1) is 0 Å². The summed E-state index contributed by atoms with van der Waals surface area (Å²) in [4.78, 5) is 50.1. The van der Waals surface area contributed by atoms with E-state index in [4.69, 9.17) is 4.74 Å². The molecule has 2 fully saturated rings. The van der Waals surface area contributed by atoms with E-state index >= 15 is 0 Å². The van der Waals surface area contributed by atoms with E-state index in [1.54, 1.807) is 24.3 Å². The molecule has 1 N–H and O–H groups in total. The summed E-state index contributed by atoms with van der Waals surface area (Å²) in [6.45, 7) is 2.40. The third-order valence-electron chi connectivity index (χ3n) is 5.34. The van der Waals surface area contributed by atoms with Crippen LogP contribution in [0.2, 0.25) is 0 Å². The van der Waals surface area contributed by atoms with E-state index < -0.39 is 5.97 Å². The van der Waals surface area contributed by atoms with Crippen LogP contribution in [-0.4, -0.2) is 41.7 Å². The van der Waals surface area contributed by atoms with Crippen molar-refractivity contribution in [3.05, 3.63) is 29.8 Å². The molecule has 0 aromatic heterocycles. The summed E-state index contributed by atoms with van der Waals surface area (Å²) in [6.07, 6.45) is 4.31. The van der Waals surface area contributed by atoms with Gasteiger partial charge in [0.15, 0.2) is 0 Å². The maximum atomic E-state index is 12.4. The van der Waals surface area contributed by atoms with Gasteiger partial charge in [0.2, 0.25) is 17.7 Å². The molecule has 150 valence electrons. The number of fused-ring (bicyclic) bond motifs is 1. The molecule has 2 atom stereocenters. The number of esters is 1. The number of ether oxygens (including phenoxy) is 1. The zero-order valence-electron chi connectivity index (χ0n) is 16.1. The Labute approximate surface area is 164 Å². The fraction of sp³-hybridized carbons (Fsp3) is 0.524. The predicted molar refractivity (Wildman–Crippen MR) is 102 cm³/mol. The number of carbonyl (C=O) groups excluding carboxylic acids is 4. The van der Waals surface area contributed by atoms with E-state index in [0.717, 1.165) is 32.1 Å². The lowest BCUT2D eigenvalue weighted by atomic mass is 9.81. The smallest absolute Gasteiger partial charge is 0.338 e. The Kier molecular flexibility index (Phi) is 6.44. The minimum atomic E-state index is -0.396. The van der Waals surface area contributed by atoms with Gasteiger partial charge < -0.3 is 10.1 Å². The zero-order valence-corrected chi connectivity index (χ0v) is 16.1. The van der Waals surface area contributed by atoms with E-state index in [2.05, 4.69) is 5.32 Å². The molecule has 28 heavy (non-hydrogen) atoms. The quantitative estimate of drug-likeness (QED) is 0.575. The van der Waals surface area contributed by atoms with Gasteiger partial charge in [-0.1, -0.05) is 19.8 Å². The first-order valence-electron chi connectivity index (χ1n) is 9.93. The third kappa shape index (κ3) is 4.40. The van der Waals surface area contributed by atoms with E-state index in [-0.39, 0.29) is 42.5 Å². The summed E-state index contributed by atoms with van der Waals surface area (Å²) in [6, 6.07) is 6.43. The number of amides is 3. The number of benzene rings is 1. The molecule has 0 unspecified atom stereocenters. The molecule has 7 heteroatoms. The van der Waals surface area contributed by atoms with Gasteiger partial charge in [0.1, 0.15) is 0 Å². The molecule has 3 amide bonds. The van der Waals surface area contributed by atoms with Crippen LogP contribution in [-0.2, 0) is 19.1 Å². The second-order valence-electron chi connectivity index (χ2n) is 7.34. The first-order chi connectivity index (χ1) is 13.5. The summed E-state index contributed by atoms with van der Waals surface area (Å²) in [5, 5.41) is 2.73. The molecule has 1 aromatic rings. The maximum Gasteiger partial charge on any atom is 0.338 e. The molecular weight excluding hydrogens is 360 g/mol. The van der Waals surface area contributed by atoms with Crippen LogP contribution in [0.15, 0.2) is 24.3 Å². The highest BCUT2D eigenvalue weighted by atomic mass is 16.5. The van der Waals surface area contributed by atoms with Crippen molar-refractivity contribution in [3.8, 4) is 0 Å². The molecule has 1 saturated heterocycles. The lowest BCUT2D eigenvalue weighted by Gasteiger charge is -2.19. The number of nitrogens with zero attached hydrogens (tertiary/aromatic N) is 1. The van der Waals surface area contributed by atoms with Crippen LogP contribution in [0.5, 0.6) is 0 Å². The largest absolute Gasteiger partial charge is 0.462 e. The van der Waals surface area contributed by atoms with Gasteiger partial charge in [0.25, 0.3) is 0 Å². The minimum absolute atomic E-state index is 0.0528. The number of carbonyl (C=O) groups is 4.